The number of aromatic carboxylic acids is 1. The summed E-state index contributed by atoms with van der Waals surface area (Å²) in [7, 11) is 2.14. The molecule has 1 saturated heterocycles. The number of carboxylic acid groups (broad SMARTS) is 1. The number of rotatable bonds is 4. The second kappa shape index (κ2) is 6.14. The van der Waals surface area contributed by atoms with Crippen LogP contribution >= 0.6 is 15.9 Å². The molecule has 1 aromatic carbocycles. The zero-order valence-corrected chi connectivity index (χ0v) is 13.5. The lowest BCUT2D eigenvalue weighted by Crippen LogP contribution is -2.40. The van der Waals surface area contributed by atoms with Crippen molar-refractivity contribution in [2.45, 2.75) is 19.8 Å². The fourth-order valence-electron chi connectivity index (χ4n) is 2.49. The summed E-state index contributed by atoms with van der Waals surface area (Å²) in [6.07, 6.45) is 2.26. The van der Waals surface area contributed by atoms with Gasteiger partial charge in [-0.2, -0.15) is 0 Å². The van der Waals surface area contributed by atoms with Crippen molar-refractivity contribution in [3.05, 3.63) is 28.2 Å². The van der Waals surface area contributed by atoms with Gasteiger partial charge < -0.3 is 15.3 Å². The van der Waals surface area contributed by atoms with Crippen molar-refractivity contribution in [3.8, 4) is 0 Å². The Hall–Kier alpha value is -1.07. The number of nitrogens with one attached hydrogen (secondary N) is 1. The number of halogens is 1. The average Bonchev–Trinajstić information content (AvgIpc) is 2.40. The highest BCUT2D eigenvalue weighted by Gasteiger charge is 2.28. The van der Waals surface area contributed by atoms with Gasteiger partial charge >= 0.3 is 5.97 Å². The largest absolute Gasteiger partial charge is 0.478 e. The Morgan fingerprint density at radius 2 is 2.10 bits per heavy atom. The predicted octanol–water partition coefficient (Wildman–Crippen LogP) is 3.29. The molecule has 4 nitrogen and oxygen atoms in total. The maximum atomic E-state index is 11.2. The minimum absolute atomic E-state index is 0.227. The number of hydrogen-bond acceptors (Lipinski definition) is 3. The third-order valence-electron chi connectivity index (χ3n) is 4.11. The van der Waals surface area contributed by atoms with E-state index in [4.69, 9.17) is 0 Å². The second-order valence-electron chi connectivity index (χ2n) is 5.96. The molecule has 2 N–H and O–H groups in total. The molecule has 5 heteroatoms. The van der Waals surface area contributed by atoms with Gasteiger partial charge in [0.05, 0.1) is 5.56 Å². The minimum atomic E-state index is -0.895. The van der Waals surface area contributed by atoms with E-state index in [2.05, 4.69) is 40.1 Å². The van der Waals surface area contributed by atoms with Gasteiger partial charge in [-0.3, -0.25) is 0 Å². The topological polar surface area (TPSA) is 52.6 Å². The molecule has 0 saturated carbocycles. The van der Waals surface area contributed by atoms with E-state index >= 15 is 0 Å². The van der Waals surface area contributed by atoms with E-state index in [9.17, 15) is 9.90 Å². The van der Waals surface area contributed by atoms with Crippen LogP contribution in [0.2, 0.25) is 0 Å². The zero-order chi connectivity index (χ0) is 14.8. The zero-order valence-electron chi connectivity index (χ0n) is 11.9. The smallest absolute Gasteiger partial charge is 0.337 e. The Labute approximate surface area is 128 Å². The third kappa shape index (κ3) is 3.73. The molecule has 0 amide bonds. The molecular weight excluding hydrogens is 320 g/mol. The van der Waals surface area contributed by atoms with Crippen molar-refractivity contribution in [1.29, 1.82) is 0 Å². The van der Waals surface area contributed by atoms with Crippen LogP contribution in [0.5, 0.6) is 0 Å². The lowest BCUT2D eigenvalue weighted by molar-refractivity contribution is 0.0697. The molecule has 1 aliphatic heterocycles. The predicted molar refractivity (Wildman–Crippen MR) is 84.4 cm³/mol. The van der Waals surface area contributed by atoms with Gasteiger partial charge in [0, 0.05) is 16.7 Å². The van der Waals surface area contributed by atoms with Crippen LogP contribution in [-0.4, -0.2) is 42.7 Å². The van der Waals surface area contributed by atoms with Crippen LogP contribution in [0.3, 0.4) is 0 Å². The van der Waals surface area contributed by atoms with Crippen LogP contribution in [0.15, 0.2) is 22.7 Å². The molecule has 0 aliphatic carbocycles. The molecule has 1 fully saturated rings. The van der Waals surface area contributed by atoms with Gasteiger partial charge in [-0.05, 0) is 56.6 Å². The maximum Gasteiger partial charge on any atom is 0.337 e. The van der Waals surface area contributed by atoms with Gasteiger partial charge in [-0.15, -0.1) is 0 Å². The molecule has 20 heavy (non-hydrogen) atoms. The molecule has 0 radical (unpaired) electrons. The fourth-order valence-corrected chi connectivity index (χ4v) is 2.85. The fraction of sp³-hybridized carbons (Fsp3) is 0.533. The van der Waals surface area contributed by atoms with E-state index in [1.54, 1.807) is 12.1 Å². The lowest BCUT2D eigenvalue weighted by Gasteiger charge is -2.38. The van der Waals surface area contributed by atoms with Crippen molar-refractivity contribution in [3.63, 3.8) is 0 Å². The first kappa shape index (κ1) is 15.3. The summed E-state index contributed by atoms with van der Waals surface area (Å²) < 4.78 is 0.888. The van der Waals surface area contributed by atoms with E-state index in [-0.39, 0.29) is 5.41 Å². The van der Waals surface area contributed by atoms with Crippen LogP contribution < -0.4 is 5.32 Å². The average molecular weight is 341 g/mol. The Bertz CT molecular complexity index is 497. The summed E-state index contributed by atoms with van der Waals surface area (Å²) in [5, 5.41) is 12.6. The lowest BCUT2D eigenvalue weighted by atomic mass is 9.80. The molecule has 0 spiro atoms. The first-order valence-corrected chi connectivity index (χ1v) is 7.64. The molecule has 0 unspecified atom stereocenters. The molecule has 110 valence electrons. The molecule has 0 bridgehead atoms. The summed E-state index contributed by atoms with van der Waals surface area (Å²) >= 11 is 3.39. The first-order chi connectivity index (χ1) is 9.39. The van der Waals surface area contributed by atoms with E-state index in [1.807, 2.05) is 6.07 Å². The van der Waals surface area contributed by atoms with E-state index < -0.39 is 5.97 Å². The number of carboxylic acids is 1. The quantitative estimate of drug-likeness (QED) is 0.882. The summed E-state index contributed by atoms with van der Waals surface area (Å²) in [5.74, 6) is -0.895. The number of hydrogen-bond donors (Lipinski definition) is 2. The second-order valence-corrected chi connectivity index (χ2v) is 6.88. The van der Waals surface area contributed by atoms with Crippen molar-refractivity contribution in [1.82, 2.24) is 4.90 Å². The highest BCUT2D eigenvalue weighted by atomic mass is 79.9. The molecule has 1 heterocycles. The van der Waals surface area contributed by atoms with Crippen molar-refractivity contribution < 1.29 is 9.90 Å². The monoisotopic (exact) mass is 340 g/mol. The van der Waals surface area contributed by atoms with Gasteiger partial charge in [0.25, 0.3) is 0 Å². The van der Waals surface area contributed by atoms with Crippen molar-refractivity contribution >= 4 is 27.6 Å². The van der Waals surface area contributed by atoms with E-state index in [1.165, 1.54) is 0 Å². The van der Waals surface area contributed by atoms with Crippen LogP contribution in [0, 0.1) is 5.41 Å². The van der Waals surface area contributed by atoms with Crippen molar-refractivity contribution in [2.75, 3.05) is 32.0 Å². The molecule has 1 aliphatic rings. The number of benzene rings is 1. The van der Waals surface area contributed by atoms with Crippen LogP contribution in [-0.2, 0) is 0 Å². The highest BCUT2D eigenvalue weighted by Crippen LogP contribution is 2.31. The number of nitrogens with zero attached hydrogens (tertiary/aromatic N) is 1. The first-order valence-electron chi connectivity index (χ1n) is 6.85. The molecule has 1 aromatic rings. The number of likely N-dealkylation sites (tertiary alicyclic amines) is 1. The number of carbonyl (C=O) groups is 1. The van der Waals surface area contributed by atoms with Gasteiger partial charge in [0.2, 0.25) is 0 Å². The minimum Gasteiger partial charge on any atom is -0.478 e. The molecule has 2 rings (SSSR count). The Kier molecular flexibility index (Phi) is 4.70. The van der Waals surface area contributed by atoms with Crippen LogP contribution in [0.4, 0.5) is 5.69 Å². The van der Waals surface area contributed by atoms with Gasteiger partial charge in [-0.25, -0.2) is 4.79 Å². The van der Waals surface area contributed by atoms with Crippen LogP contribution in [0.1, 0.15) is 30.1 Å². The molecule has 0 aromatic heterocycles. The van der Waals surface area contributed by atoms with E-state index in [0.29, 0.717) is 11.3 Å². The van der Waals surface area contributed by atoms with Gasteiger partial charge in [-0.1, -0.05) is 22.9 Å². The summed E-state index contributed by atoms with van der Waals surface area (Å²) in [6.45, 7) is 5.27. The van der Waals surface area contributed by atoms with Gasteiger partial charge in [0.1, 0.15) is 0 Å². The Balaban J connectivity index is 2.07. The number of anilines is 1. The van der Waals surface area contributed by atoms with Gasteiger partial charge in [0.15, 0.2) is 0 Å². The highest BCUT2D eigenvalue weighted by molar-refractivity contribution is 9.10. The Morgan fingerprint density at radius 1 is 1.45 bits per heavy atom. The summed E-state index contributed by atoms with van der Waals surface area (Å²) in [4.78, 5) is 13.6. The third-order valence-corrected chi connectivity index (χ3v) is 4.61. The van der Waals surface area contributed by atoms with Crippen LogP contribution in [0.25, 0.3) is 0 Å². The van der Waals surface area contributed by atoms with Crippen molar-refractivity contribution in [2.24, 2.45) is 5.41 Å². The molecule has 0 atom stereocenters. The SMILES string of the molecule is CN1CCC(C)(CNc2cc(Br)ccc2C(=O)O)CC1. The standard InChI is InChI=1S/C15H21BrN2O2/c1-15(5-7-18(2)8-6-15)10-17-13-9-11(16)3-4-12(13)14(19)20/h3-4,9,17H,5-8,10H2,1-2H3,(H,19,20). The normalized spacial score (nSPS) is 18.8. The summed E-state index contributed by atoms with van der Waals surface area (Å²) in [6, 6.07) is 5.22. The number of piperidine rings is 1. The molecular formula is C15H21BrN2O2. The van der Waals surface area contributed by atoms with E-state index in [0.717, 1.165) is 36.9 Å². The summed E-state index contributed by atoms with van der Waals surface area (Å²) in [5.41, 5.74) is 1.24. The Morgan fingerprint density at radius 3 is 2.70 bits per heavy atom. The maximum absolute atomic E-state index is 11.2.